The number of aliphatic hydroxyl groups excluding tert-OH is 1. The Morgan fingerprint density at radius 3 is 2.93 bits per heavy atom. The molecule has 0 amide bonds. The highest BCUT2D eigenvalue weighted by atomic mass is 16.3. The van der Waals surface area contributed by atoms with E-state index >= 15 is 0 Å². The zero-order valence-electron chi connectivity index (χ0n) is 8.57. The van der Waals surface area contributed by atoms with Gasteiger partial charge in [0.2, 0.25) is 0 Å². The van der Waals surface area contributed by atoms with Gasteiger partial charge in [-0.3, -0.25) is 4.79 Å². The van der Waals surface area contributed by atoms with E-state index in [-0.39, 0.29) is 5.78 Å². The van der Waals surface area contributed by atoms with Gasteiger partial charge in [0.15, 0.2) is 5.78 Å². The van der Waals surface area contributed by atoms with Gasteiger partial charge in [-0.1, -0.05) is 30.3 Å². The SMILES string of the molecule is O=C(CO)C1=CCCCc2ccccc21. The van der Waals surface area contributed by atoms with E-state index in [1.807, 2.05) is 24.3 Å². The predicted molar refractivity (Wildman–Crippen MR) is 59.4 cm³/mol. The molecule has 2 heteroatoms. The average molecular weight is 202 g/mol. The van der Waals surface area contributed by atoms with Crippen molar-refractivity contribution < 1.29 is 9.90 Å². The van der Waals surface area contributed by atoms with Crippen molar-refractivity contribution in [3.8, 4) is 0 Å². The van der Waals surface area contributed by atoms with Crippen molar-refractivity contribution in [3.63, 3.8) is 0 Å². The maximum absolute atomic E-state index is 11.6. The van der Waals surface area contributed by atoms with Gasteiger partial charge in [0, 0.05) is 5.57 Å². The lowest BCUT2D eigenvalue weighted by Crippen LogP contribution is -2.07. The van der Waals surface area contributed by atoms with Gasteiger partial charge in [-0.15, -0.1) is 0 Å². The van der Waals surface area contributed by atoms with Crippen molar-refractivity contribution in [1.29, 1.82) is 0 Å². The summed E-state index contributed by atoms with van der Waals surface area (Å²) in [6, 6.07) is 7.94. The molecular formula is C13H14O2. The Morgan fingerprint density at radius 1 is 1.33 bits per heavy atom. The van der Waals surface area contributed by atoms with Crippen molar-refractivity contribution in [2.45, 2.75) is 19.3 Å². The fourth-order valence-electron chi connectivity index (χ4n) is 2.00. The molecule has 0 fully saturated rings. The van der Waals surface area contributed by atoms with Crippen LogP contribution in [0.15, 0.2) is 30.3 Å². The molecule has 0 saturated heterocycles. The van der Waals surface area contributed by atoms with Gasteiger partial charge >= 0.3 is 0 Å². The second-order valence-electron chi connectivity index (χ2n) is 3.75. The fraction of sp³-hybridized carbons (Fsp3) is 0.308. The first-order chi connectivity index (χ1) is 7.33. The Bertz CT molecular complexity index is 405. The molecule has 1 aromatic rings. The second kappa shape index (κ2) is 4.41. The van der Waals surface area contributed by atoms with Crippen LogP contribution >= 0.6 is 0 Å². The highest BCUT2D eigenvalue weighted by molar-refractivity contribution is 6.21. The number of allylic oxidation sites excluding steroid dienone is 1. The highest BCUT2D eigenvalue weighted by Crippen LogP contribution is 2.25. The molecule has 0 aromatic heterocycles. The molecule has 0 heterocycles. The number of carbonyl (C=O) groups excluding carboxylic acids is 1. The van der Waals surface area contributed by atoms with Gasteiger partial charge in [0.25, 0.3) is 0 Å². The molecule has 0 atom stereocenters. The largest absolute Gasteiger partial charge is 0.388 e. The van der Waals surface area contributed by atoms with Crippen molar-refractivity contribution in [2.24, 2.45) is 0 Å². The number of benzene rings is 1. The maximum atomic E-state index is 11.6. The van der Waals surface area contributed by atoms with Crippen LogP contribution in [0, 0.1) is 0 Å². The average Bonchev–Trinajstić information content (AvgIpc) is 2.50. The van der Waals surface area contributed by atoms with Gasteiger partial charge in [0.1, 0.15) is 6.61 Å². The number of Topliss-reactive ketones (excluding diaryl/α,β-unsaturated/α-hetero) is 1. The van der Waals surface area contributed by atoms with Gasteiger partial charge in [-0.05, 0) is 30.4 Å². The van der Waals surface area contributed by atoms with Crippen LogP contribution in [0.1, 0.15) is 24.0 Å². The third-order valence-corrected chi connectivity index (χ3v) is 2.75. The Morgan fingerprint density at radius 2 is 2.13 bits per heavy atom. The fourth-order valence-corrected chi connectivity index (χ4v) is 2.00. The number of rotatable bonds is 2. The van der Waals surface area contributed by atoms with E-state index in [4.69, 9.17) is 5.11 Å². The Labute approximate surface area is 89.2 Å². The van der Waals surface area contributed by atoms with E-state index in [0.717, 1.165) is 24.8 Å². The summed E-state index contributed by atoms with van der Waals surface area (Å²) in [4.78, 5) is 11.6. The van der Waals surface area contributed by atoms with Crippen LogP contribution in [-0.2, 0) is 11.2 Å². The quantitative estimate of drug-likeness (QED) is 0.796. The minimum Gasteiger partial charge on any atom is -0.388 e. The van der Waals surface area contributed by atoms with Crippen LogP contribution in [0.5, 0.6) is 0 Å². The lowest BCUT2D eigenvalue weighted by atomic mass is 9.97. The molecule has 1 N–H and O–H groups in total. The summed E-state index contributed by atoms with van der Waals surface area (Å²) < 4.78 is 0. The van der Waals surface area contributed by atoms with Crippen LogP contribution in [0.3, 0.4) is 0 Å². The van der Waals surface area contributed by atoms with Gasteiger partial charge < -0.3 is 5.11 Å². The topological polar surface area (TPSA) is 37.3 Å². The second-order valence-corrected chi connectivity index (χ2v) is 3.75. The molecule has 1 aliphatic rings. The normalized spacial score (nSPS) is 15.1. The third kappa shape index (κ3) is 2.00. The molecule has 0 spiro atoms. The first-order valence-electron chi connectivity index (χ1n) is 5.25. The Hall–Kier alpha value is -1.41. The van der Waals surface area contributed by atoms with Gasteiger partial charge in [-0.25, -0.2) is 0 Å². The summed E-state index contributed by atoms with van der Waals surface area (Å²) in [6.07, 6.45) is 4.94. The van der Waals surface area contributed by atoms with Crippen LogP contribution < -0.4 is 0 Å². The summed E-state index contributed by atoms with van der Waals surface area (Å²) >= 11 is 0. The van der Waals surface area contributed by atoms with Crippen molar-refractivity contribution in [1.82, 2.24) is 0 Å². The molecule has 0 radical (unpaired) electrons. The third-order valence-electron chi connectivity index (χ3n) is 2.75. The number of ketones is 1. The van der Waals surface area contributed by atoms with Gasteiger partial charge in [0.05, 0.1) is 0 Å². The summed E-state index contributed by atoms with van der Waals surface area (Å²) in [6.45, 7) is -0.403. The number of aliphatic hydroxyl groups is 1. The monoisotopic (exact) mass is 202 g/mol. The molecule has 0 unspecified atom stereocenters. The standard InChI is InChI=1S/C13H14O2/c14-9-13(15)12-8-4-2-6-10-5-1-3-7-11(10)12/h1,3,5,7-8,14H,2,4,6,9H2. The molecule has 2 rings (SSSR count). The summed E-state index contributed by atoms with van der Waals surface area (Å²) in [5.74, 6) is -0.177. The summed E-state index contributed by atoms with van der Waals surface area (Å²) in [5.41, 5.74) is 2.89. The Kier molecular flexibility index (Phi) is 2.97. The summed E-state index contributed by atoms with van der Waals surface area (Å²) in [5, 5.41) is 8.91. The number of aryl methyl sites for hydroxylation is 1. The van der Waals surface area contributed by atoms with E-state index < -0.39 is 6.61 Å². The smallest absolute Gasteiger partial charge is 0.188 e. The number of hydrogen-bond acceptors (Lipinski definition) is 2. The lowest BCUT2D eigenvalue weighted by Gasteiger charge is -2.08. The zero-order valence-corrected chi connectivity index (χ0v) is 8.57. The van der Waals surface area contributed by atoms with Crippen molar-refractivity contribution >= 4 is 11.4 Å². The minimum absolute atomic E-state index is 0.177. The molecule has 78 valence electrons. The van der Waals surface area contributed by atoms with Crippen LogP contribution in [0.4, 0.5) is 0 Å². The molecule has 1 aromatic carbocycles. The van der Waals surface area contributed by atoms with E-state index in [1.165, 1.54) is 5.56 Å². The molecule has 0 bridgehead atoms. The van der Waals surface area contributed by atoms with Crippen LogP contribution in [0.2, 0.25) is 0 Å². The predicted octanol–water partition coefficient (Wildman–Crippen LogP) is 1.97. The van der Waals surface area contributed by atoms with E-state index in [2.05, 4.69) is 6.07 Å². The highest BCUT2D eigenvalue weighted by Gasteiger charge is 2.15. The number of carbonyl (C=O) groups is 1. The van der Waals surface area contributed by atoms with Crippen molar-refractivity contribution in [2.75, 3.05) is 6.61 Å². The minimum atomic E-state index is -0.403. The van der Waals surface area contributed by atoms with E-state index in [0.29, 0.717) is 5.57 Å². The maximum Gasteiger partial charge on any atom is 0.188 e. The van der Waals surface area contributed by atoms with Crippen LogP contribution in [-0.4, -0.2) is 17.5 Å². The zero-order chi connectivity index (χ0) is 10.7. The first kappa shape index (κ1) is 10.1. The van der Waals surface area contributed by atoms with Gasteiger partial charge in [-0.2, -0.15) is 0 Å². The first-order valence-corrected chi connectivity index (χ1v) is 5.25. The van der Waals surface area contributed by atoms with E-state index in [9.17, 15) is 4.79 Å². The Balaban J connectivity index is 2.47. The lowest BCUT2D eigenvalue weighted by molar-refractivity contribution is -0.116. The number of fused-ring (bicyclic) bond motifs is 1. The molecule has 15 heavy (non-hydrogen) atoms. The number of hydrogen-bond donors (Lipinski definition) is 1. The van der Waals surface area contributed by atoms with E-state index in [1.54, 1.807) is 0 Å². The van der Waals surface area contributed by atoms with Crippen LogP contribution in [0.25, 0.3) is 5.57 Å². The molecular weight excluding hydrogens is 188 g/mol. The molecule has 0 saturated carbocycles. The molecule has 2 nitrogen and oxygen atoms in total. The summed E-state index contributed by atoms with van der Waals surface area (Å²) in [7, 11) is 0. The molecule has 0 aliphatic heterocycles. The van der Waals surface area contributed by atoms with Crippen molar-refractivity contribution in [3.05, 3.63) is 41.5 Å². The molecule has 1 aliphatic carbocycles.